The van der Waals surface area contributed by atoms with Gasteiger partial charge in [0.15, 0.2) is 0 Å². The Bertz CT molecular complexity index is 692. The normalized spacial score (nSPS) is 17.5. The highest BCUT2D eigenvalue weighted by molar-refractivity contribution is 9.10. The fraction of sp³-hybridized carbons (Fsp3) is 0.316. The average Bonchev–Trinajstić information content (AvgIpc) is 2.62. The number of nitrogens with zero attached hydrogens (tertiary/aromatic N) is 2. The van der Waals surface area contributed by atoms with Crippen molar-refractivity contribution in [3.8, 4) is 0 Å². The van der Waals surface area contributed by atoms with E-state index in [2.05, 4.69) is 33.0 Å². The first-order valence-corrected chi connectivity index (χ1v) is 8.92. The van der Waals surface area contributed by atoms with Gasteiger partial charge in [-0.15, -0.1) is 0 Å². The number of rotatable bonds is 3. The predicted molar refractivity (Wildman–Crippen MR) is 101 cm³/mol. The van der Waals surface area contributed by atoms with Crippen molar-refractivity contribution in [1.82, 2.24) is 4.90 Å². The van der Waals surface area contributed by atoms with Gasteiger partial charge in [-0.3, -0.25) is 4.79 Å². The lowest BCUT2D eigenvalue weighted by atomic mass is 9.91. The van der Waals surface area contributed by atoms with Crippen LogP contribution in [-0.4, -0.2) is 37.0 Å². The van der Waals surface area contributed by atoms with Crippen LogP contribution in [0.3, 0.4) is 0 Å². The molecular formula is C19H22BrN3O. The molecule has 1 fully saturated rings. The monoisotopic (exact) mass is 387 g/mol. The maximum atomic E-state index is 12.9. The molecule has 1 atom stereocenters. The Labute approximate surface area is 151 Å². The number of hydrogen-bond acceptors (Lipinski definition) is 3. The molecule has 1 aliphatic rings. The van der Waals surface area contributed by atoms with Crippen molar-refractivity contribution >= 4 is 27.5 Å². The molecule has 0 saturated carbocycles. The van der Waals surface area contributed by atoms with E-state index >= 15 is 0 Å². The molecular weight excluding hydrogens is 366 g/mol. The van der Waals surface area contributed by atoms with E-state index in [1.807, 2.05) is 47.4 Å². The molecule has 3 rings (SSSR count). The SMILES string of the molecule is CC(N)(C(=O)N1CCN(c2ccccc2)CC1)c1ccc(Br)cc1. The molecule has 4 nitrogen and oxygen atoms in total. The summed E-state index contributed by atoms with van der Waals surface area (Å²) < 4.78 is 0.978. The molecule has 0 aliphatic carbocycles. The van der Waals surface area contributed by atoms with Crippen LogP contribution in [0.1, 0.15) is 12.5 Å². The van der Waals surface area contributed by atoms with Crippen molar-refractivity contribution in [1.29, 1.82) is 0 Å². The fourth-order valence-electron chi connectivity index (χ4n) is 3.05. The number of hydrogen-bond donors (Lipinski definition) is 1. The van der Waals surface area contributed by atoms with Crippen molar-refractivity contribution in [3.63, 3.8) is 0 Å². The molecule has 0 aromatic heterocycles. The van der Waals surface area contributed by atoms with Crippen molar-refractivity contribution in [3.05, 3.63) is 64.6 Å². The summed E-state index contributed by atoms with van der Waals surface area (Å²) in [5, 5.41) is 0. The summed E-state index contributed by atoms with van der Waals surface area (Å²) in [5.74, 6) is -0.0162. The highest BCUT2D eigenvalue weighted by atomic mass is 79.9. The van der Waals surface area contributed by atoms with E-state index in [4.69, 9.17) is 5.73 Å². The van der Waals surface area contributed by atoms with E-state index in [9.17, 15) is 4.79 Å². The third-order valence-corrected chi connectivity index (χ3v) is 5.11. The van der Waals surface area contributed by atoms with E-state index in [-0.39, 0.29) is 5.91 Å². The van der Waals surface area contributed by atoms with Gasteiger partial charge in [0.2, 0.25) is 5.91 Å². The number of benzene rings is 2. The topological polar surface area (TPSA) is 49.6 Å². The van der Waals surface area contributed by atoms with Crippen molar-refractivity contribution in [2.75, 3.05) is 31.1 Å². The minimum atomic E-state index is -1.00. The van der Waals surface area contributed by atoms with Crippen LogP contribution in [0, 0.1) is 0 Å². The number of carbonyl (C=O) groups is 1. The number of anilines is 1. The number of amides is 1. The van der Waals surface area contributed by atoms with Crippen LogP contribution in [0.5, 0.6) is 0 Å². The average molecular weight is 388 g/mol. The van der Waals surface area contributed by atoms with Gasteiger partial charge in [0.1, 0.15) is 5.54 Å². The largest absolute Gasteiger partial charge is 0.368 e. The quantitative estimate of drug-likeness (QED) is 0.880. The Hall–Kier alpha value is -1.85. The second-order valence-corrected chi connectivity index (χ2v) is 7.24. The molecule has 0 radical (unpaired) electrons. The summed E-state index contributed by atoms with van der Waals surface area (Å²) in [6.07, 6.45) is 0. The molecule has 1 aliphatic heterocycles. The van der Waals surface area contributed by atoms with Crippen molar-refractivity contribution in [2.45, 2.75) is 12.5 Å². The van der Waals surface area contributed by atoms with Gasteiger partial charge >= 0.3 is 0 Å². The van der Waals surface area contributed by atoms with Crippen molar-refractivity contribution in [2.24, 2.45) is 5.73 Å². The Balaban J connectivity index is 1.67. The minimum Gasteiger partial charge on any atom is -0.368 e. The zero-order valence-corrected chi connectivity index (χ0v) is 15.4. The van der Waals surface area contributed by atoms with E-state index in [0.29, 0.717) is 13.1 Å². The molecule has 5 heteroatoms. The molecule has 0 bridgehead atoms. The van der Waals surface area contributed by atoms with Gasteiger partial charge in [0.25, 0.3) is 0 Å². The first-order chi connectivity index (χ1) is 11.5. The van der Waals surface area contributed by atoms with E-state index in [0.717, 1.165) is 23.1 Å². The highest BCUT2D eigenvalue weighted by Crippen LogP contribution is 2.24. The van der Waals surface area contributed by atoms with Crippen LogP contribution in [0.2, 0.25) is 0 Å². The molecule has 2 aromatic carbocycles. The van der Waals surface area contributed by atoms with Crippen LogP contribution >= 0.6 is 15.9 Å². The van der Waals surface area contributed by atoms with Crippen LogP contribution in [0.15, 0.2) is 59.1 Å². The minimum absolute atomic E-state index is 0.0162. The number of nitrogens with two attached hydrogens (primary N) is 1. The maximum absolute atomic E-state index is 12.9. The Morgan fingerprint density at radius 2 is 1.58 bits per heavy atom. The number of para-hydroxylation sites is 1. The molecule has 0 spiro atoms. The summed E-state index contributed by atoms with van der Waals surface area (Å²) in [7, 11) is 0. The first kappa shape index (κ1) is 17.0. The van der Waals surface area contributed by atoms with Gasteiger partial charge in [-0.05, 0) is 36.8 Å². The van der Waals surface area contributed by atoms with E-state index in [1.165, 1.54) is 5.69 Å². The molecule has 24 heavy (non-hydrogen) atoms. The summed E-state index contributed by atoms with van der Waals surface area (Å²) in [6, 6.07) is 17.9. The standard InChI is InChI=1S/C19H22BrN3O/c1-19(21,15-7-9-16(20)10-8-15)18(24)23-13-11-22(12-14-23)17-5-3-2-4-6-17/h2-10H,11-14,21H2,1H3. The van der Waals surface area contributed by atoms with Crippen LogP contribution in [0.4, 0.5) is 5.69 Å². The lowest BCUT2D eigenvalue weighted by Gasteiger charge is -2.39. The fourth-order valence-corrected chi connectivity index (χ4v) is 3.32. The Kier molecular flexibility index (Phi) is 4.92. The van der Waals surface area contributed by atoms with Crippen LogP contribution in [-0.2, 0) is 10.3 Å². The number of halogens is 1. The number of carbonyl (C=O) groups excluding carboxylic acids is 1. The second-order valence-electron chi connectivity index (χ2n) is 6.32. The number of piperazine rings is 1. The van der Waals surface area contributed by atoms with E-state index < -0.39 is 5.54 Å². The van der Waals surface area contributed by atoms with Gasteiger partial charge in [-0.2, -0.15) is 0 Å². The molecule has 126 valence electrons. The molecule has 2 N–H and O–H groups in total. The molecule has 2 aromatic rings. The second kappa shape index (κ2) is 6.95. The highest BCUT2D eigenvalue weighted by Gasteiger charge is 2.35. The molecule has 1 amide bonds. The van der Waals surface area contributed by atoms with Gasteiger partial charge in [-0.25, -0.2) is 0 Å². The van der Waals surface area contributed by atoms with Crippen LogP contribution in [0.25, 0.3) is 0 Å². The Morgan fingerprint density at radius 1 is 1.00 bits per heavy atom. The smallest absolute Gasteiger partial charge is 0.247 e. The van der Waals surface area contributed by atoms with Gasteiger partial charge in [0, 0.05) is 36.3 Å². The lowest BCUT2D eigenvalue weighted by Crippen LogP contribution is -2.56. The molecule has 1 heterocycles. The van der Waals surface area contributed by atoms with Gasteiger partial charge in [0.05, 0.1) is 0 Å². The Morgan fingerprint density at radius 3 is 2.17 bits per heavy atom. The van der Waals surface area contributed by atoms with Gasteiger partial charge < -0.3 is 15.5 Å². The van der Waals surface area contributed by atoms with Gasteiger partial charge in [-0.1, -0.05) is 46.3 Å². The lowest BCUT2D eigenvalue weighted by molar-refractivity contribution is -0.137. The third kappa shape index (κ3) is 3.47. The first-order valence-electron chi connectivity index (χ1n) is 8.13. The summed E-state index contributed by atoms with van der Waals surface area (Å²) >= 11 is 3.41. The van der Waals surface area contributed by atoms with Crippen LogP contribution < -0.4 is 10.6 Å². The predicted octanol–water partition coefficient (Wildman–Crippen LogP) is 2.97. The summed E-state index contributed by atoms with van der Waals surface area (Å²) in [6.45, 7) is 4.83. The third-order valence-electron chi connectivity index (χ3n) is 4.58. The molecule has 1 unspecified atom stereocenters. The van der Waals surface area contributed by atoms with Crippen molar-refractivity contribution < 1.29 is 4.79 Å². The zero-order chi connectivity index (χ0) is 17.2. The maximum Gasteiger partial charge on any atom is 0.247 e. The summed E-state index contributed by atoms with van der Waals surface area (Å²) in [4.78, 5) is 17.1. The summed E-state index contributed by atoms with van der Waals surface area (Å²) in [5.41, 5.74) is 7.42. The molecule has 1 saturated heterocycles. The zero-order valence-electron chi connectivity index (χ0n) is 13.8. The van der Waals surface area contributed by atoms with E-state index in [1.54, 1.807) is 6.92 Å².